The molecule has 0 radical (unpaired) electrons. The molecule has 5 rings (SSSR count). The van der Waals surface area contributed by atoms with Gasteiger partial charge >= 0.3 is 5.97 Å². The minimum absolute atomic E-state index is 0.0129. The van der Waals surface area contributed by atoms with Gasteiger partial charge in [-0.1, -0.05) is 11.6 Å². The Morgan fingerprint density at radius 3 is 2.79 bits per heavy atom. The third-order valence-electron chi connectivity index (χ3n) is 7.33. The van der Waals surface area contributed by atoms with Crippen molar-refractivity contribution in [2.24, 2.45) is 5.92 Å². The van der Waals surface area contributed by atoms with Gasteiger partial charge in [-0.3, -0.25) is 4.79 Å². The van der Waals surface area contributed by atoms with E-state index in [4.69, 9.17) is 28.4 Å². The predicted molar refractivity (Wildman–Crippen MR) is 120 cm³/mol. The number of epoxide rings is 2. The van der Waals surface area contributed by atoms with Gasteiger partial charge in [0.2, 0.25) is 6.79 Å². The highest BCUT2D eigenvalue weighted by molar-refractivity contribution is 5.75. The zero-order valence-corrected chi connectivity index (χ0v) is 19.7. The second-order valence-electron chi connectivity index (χ2n) is 9.83. The minimum atomic E-state index is -0.348. The van der Waals surface area contributed by atoms with Gasteiger partial charge in [-0.2, -0.15) is 0 Å². The first-order chi connectivity index (χ1) is 15.8. The van der Waals surface area contributed by atoms with Crippen LogP contribution in [0.4, 0.5) is 5.69 Å². The van der Waals surface area contributed by atoms with E-state index in [9.17, 15) is 4.79 Å². The first-order valence-corrected chi connectivity index (χ1v) is 11.7. The normalized spacial score (nSPS) is 35.8. The molecule has 0 unspecified atom stereocenters. The van der Waals surface area contributed by atoms with Gasteiger partial charge in [0.25, 0.3) is 0 Å². The van der Waals surface area contributed by atoms with Crippen molar-refractivity contribution in [3.63, 3.8) is 0 Å². The molecule has 0 bridgehead atoms. The van der Waals surface area contributed by atoms with Crippen LogP contribution in [0.2, 0.25) is 0 Å². The number of carbonyl (C=O) groups excluding carboxylic acids is 1. The van der Waals surface area contributed by atoms with Crippen molar-refractivity contribution in [2.45, 2.75) is 69.5 Å². The summed E-state index contributed by atoms with van der Waals surface area (Å²) in [6.07, 6.45) is 4.12. The molecule has 0 amide bonds. The van der Waals surface area contributed by atoms with Crippen molar-refractivity contribution >= 4 is 11.7 Å². The maximum atomic E-state index is 12.7. The molecule has 4 aliphatic rings. The van der Waals surface area contributed by atoms with Crippen LogP contribution in [-0.2, 0) is 23.7 Å². The molecule has 1 aromatic carbocycles. The average Bonchev–Trinajstić information content (AvgIpc) is 3.65. The average molecular weight is 460 g/mol. The Morgan fingerprint density at radius 2 is 2.06 bits per heavy atom. The molecule has 180 valence electrons. The van der Waals surface area contributed by atoms with Crippen LogP contribution >= 0.6 is 0 Å². The molecule has 3 heterocycles. The lowest BCUT2D eigenvalue weighted by molar-refractivity contribution is -0.170. The second-order valence-corrected chi connectivity index (χ2v) is 9.83. The quantitative estimate of drug-likeness (QED) is 0.359. The van der Waals surface area contributed by atoms with E-state index >= 15 is 0 Å². The fourth-order valence-corrected chi connectivity index (χ4v) is 5.46. The molecular formula is C25H33NO7. The number of fused-ring (bicyclic) bond motifs is 1. The molecular weight excluding hydrogens is 426 g/mol. The summed E-state index contributed by atoms with van der Waals surface area (Å²) in [5, 5.41) is 3.11. The fourth-order valence-electron chi connectivity index (χ4n) is 5.46. The Balaban J connectivity index is 1.22. The van der Waals surface area contributed by atoms with Gasteiger partial charge in [0.05, 0.1) is 18.6 Å². The van der Waals surface area contributed by atoms with Crippen molar-refractivity contribution < 1.29 is 33.2 Å². The molecule has 8 nitrogen and oxygen atoms in total. The molecule has 1 saturated carbocycles. The summed E-state index contributed by atoms with van der Waals surface area (Å²) in [5.74, 6) is 1.06. The Bertz CT molecular complexity index is 939. The Kier molecular flexibility index (Phi) is 5.79. The smallest absolute Gasteiger partial charge is 0.325 e. The molecule has 1 spiro atoms. The van der Waals surface area contributed by atoms with Crippen molar-refractivity contribution in [1.29, 1.82) is 0 Å². The highest BCUT2D eigenvalue weighted by atomic mass is 16.7. The SMILES string of the molecule is CO[C@@H]1[C@H](OC(=O)CNc2ccc3c(c2)OCO3)CC[C@]2(CO2)[C@H]1[C@@]1(C)O[C@@H]1CC=C(C)C. The largest absolute Gasteiger partial charge is 0.458 e. The van der Waals surface area contributed by atoms with Crippen LogP contribution in [0.3, 0.4) is 0 Å². The zero-order valence-electron chi connectivity index (χ0n) is 19.7. The summed E-state index contributed by atoms with van der Waals surface area (Å²) >= 11 is 0. The summed E-state index contributed by atoms with van der Waals surface area (Å²) < 4.78 is 34.8. The standard InChI is InChI=1S/C25H33NO7/c1-15(2)5-8-20-24(3,33-20)23-22(28-4)18(9-10-25(23)13-31-25)32-21(27)12-26-16-6-7-17-19(11-16)30-14-29-17/h5-7,11,18,20,22-23,26H,8-10,12-14H2,1-4H3/t18-,20-,22-,23-,24+,25+/m1/s1. The van der Waals surface area contributed by atoms with Crippen LogP contribution in [0.5, 0.6) is 11.5 Å². The Morgan fingerprint density at radius 1 is 1.27 bits per heavy atom. The lowest BCUT2D eigenvalue weighted by atomic mass is 9.68. The molecule has 6 atom stereocenters. The number of nitrogens with one attached hydrogen (secondary N) is 1. The third-order valence-corrected chi connectivity index (χ3v) is 7.33. The van der Waals surface area contributed by atoms with Gasteiger partial charge in [0.15, 0.2) is 11.5 Å². The Hall–Kier alpha value is -2.29. The van der Waals surface area contributed by atoms with Gasteiger partial charge in [-0.05, 0) is 52.2 Å². The summed E-state index contributed by atoms with van der Waals surface area (Å²) in [4.78, 5) is 12.7. The molecule has 1 aromatic rings. The second kappa shape index (κ2) is 8.49. The maximum absolute atomic E-state index is 12.7. The molecule has 33 heavy (non-hydrogen) atoms. The number of benzene rings is 1. The third kappa shape index (κ3) is 4.32. The first-order valence-electron chi connectivity index (χ1n) is 11.7. The van der Waals surface area contributed by atoms with E-state index in [1.54, 1.807) is 7.11 Å². The lowest BCUT2D eigenvalue weighted by Gasteiger charge is -2.42. The lowest BCUT2D eigenvalue weighted by Crippen LogP contribution is -2.55. The number of esters is 1. The molecule has 1 N–H and O–H groups in total. The van der Waals surface area contributed by atoms with E-state index in [0.717, 1.165) is 18.5 Å². The van der Waals surface area contributed by atoms with Crippen LogP contribution in [-0.4, -0.2) is 62.5 Å². The van der Waals surface area contributed by atoms with Crippen molar-refractivity contribution in [1.82, 2.24) is 0 Å². The highest BCUT2D eigenvalue weighted by Crippen LogP contribution is 2.59. The fraction of sp³-hybridized carbons (Fsp3) is 0.640. The van der Waals surface area contributed by atoms with Gasteiger partial charge in [-0.25, -0.2) is 0 Å². The van der Waals surface area contributed by atoms with Crippen LogP contribution in [0.1, 0.15) is 40.0 Å². The van der Waals surface area contributed by atoms with E-state index < -0.39 is 0 Å². The van der Waals surface area contributed by atoms with Gasteiger partial charge in [0, 0.05) is 18.9 Å². The molecule has 8 heteroatoms. The van der Waals surface area contributed by atoms with Crippen LogP contribution in [0, 0.1) is 5.92 Å². The van der Waals surface area contributed by atoms with Crippen LogP contribution in [0.25, 0.3) is 0 Å². The predicted octanol–water partition coefficient (Wildman–Crippen LogP) is 3.45. The van der Waals surface area contributed by atoms with Gasteiger partial charge < -0.3 is 33.7 Å². The van der Waals surface area contributed by atoms with E-state index in [-0.39, 0.29) is 54.7 Å². The highest BCUT2D eigenvalue weighted by Gasteiger charge is 2.72. The number of carbonyl (C=O) groups is 1. The van der Waals surface area contributed by atoms with Gasteiger partial charge in [-0.15, -0.1) is 0 Å². The number of hydrogen-bond donors (Lipinski definition) is 1. The molecule has 0 aromatic heterocycles. The number of allylic oxidation sites excluding steroid dienone is 1. The van der Waals surface area contributed by atoms with E-state index in [1.807, 2.05) is 18.2 Å². The number of ether oxygens (including phenoxy) is 6. The summed E-state index contributed by atoms with van der Waals surface area (Å²) in [6.45, 7) is 7.30. The van der Waals surface area contributed by atoms with Gasteiger partial charge in [0.1, 0.15) is 30.0 Å². The number of rotatable bonds is 8. The Labute approximate surface area is 194 Å². The molecule has 1 aliphatic carbocycles. The van der Waals surface area contributed by atoms with Crippen LogP contribution in [0.15, 0.2) is 29.8 Å². The van der Waals surface area contributed by atoms with Crippen molar-refractivity contribution in [2.75, 3.05) is 32.4 Å². The monoisotopic (exact) mass is 459 g/mol. The maximum Gasteiger partial charge on any atom is 0.325 e. The number of hydrogen-bond acceptors (Lipinski definition) is 8. The van der Waals surface area contributed by atoms with E-state index in [2.05, 4.69) is 32.2 Å². The summed E-state index contributed by atoms with van der Waals surface area (Å²) in [6, 6.07) is 5.48. The zero-order chi connectivity index (χ0) is 23.2. The van der Waals surface area contributed by atoms with E-state index in [0.29, 0.717) is 24.5 Å². The number of anilines is 1. The number of methoxy groups -OCH3 is 1. The minimum Gasteiger partial charge on any atom is -0.458 e. The van der Waals surface area contributed by atoms with Crippen molar-refractivity contribution in [3.05, 3.63) is 29.8 Å². The first kappa shape index (κ1) is 22.5. The summed E-state index contributed by atoms with van der Waals surface area (Å²) in [5.41, 5.74) is 1.47. The molecule has 3 aliphatic heterocycles. The van der Waals surface area contributed by atoms with Crippen molar-refractivity contribution in [3.8, 4) is 11.5 Å². The topological polar surface area (TPSA) is 91.1 Å². The van der Waals surface area contributed by atoms with E-state index in [1.165, 1.54) is 5.57 Å². The van der Waals surface area contributed by atoms with Crippen LogP contribution < -0.4 is 14.8 Å². The molecule has 3 fully saturated rings. The summed E-state index contributed by atoms with van der Waals surface area (Å²) in [7, 11) is 1.68. The molecule has 2 saturated heterocycles.